The number of hydrogen-bond donors (Lipinski definition) is 1. The topological polar surface area (TPSA) is 66.4 Å². The van der Waals surface area contributed by atoms with Crippen LogP contribution in [0.3, 0.4) is 0 Å². The van der Waals surface area contributed by atoms with E-state index in [-0.39, 0.29) is 11.6 Å². The zero-order valence-corrected chi connectivity index (χ0v) is 21.1. The lowest BCUT2D eigenvalue weighted by molar-refractivity contribution is 0.122. The monoisotopic (exact) mass is 503 g/mol. The van der Waals surface area contributed by atoms with E-state index in [1.165, 1.54) is 12.8 Å². The number of aromatic amines is 1. The van der Waals surface area contributed by atoms with Crippen molar-refractivity contribution in [3.8, 4) is 11.1 Å². The molecule has 1 atom stereocenters. The Kier molecular flexibility index (Phi) is 6.29. The van der Waals surface area contributed by atoms with E-state index in [2.05, 4.69) is 38.9 Å². The summed E-state index contributed by atoms with van der Waals surface area (Å²) in [7, 11) is 2.14. The van der Waals surface area contributed by atoms with Crippen LogP contribution in [0.5, 0.6) is 0 Å². The second-order valence-corrected chi connectivity index (χ2v) is 10.2. The molecule has 0 bridgehead atoms. The van der Waals surface area contributed by atoms with E-state index >= 15 is 0 Å². The molecule has 8 heteroatoms. The summed E-state index contributed by atoms with van der Waals surface area (Å²) in [5, 5.41) is 1.69. The highest BCUT2D eigenvalue weighted by Crippen LogP contribution is 2.32. The highest BCUT2D eigenvalue weighted by Gasteiger charge is 2.29. The van der Waals surface area contributed by atoms with Gasteiger partial charge in [0.05, 0.1) is 31.1 Å². The number of nitrogens with zero attached hydrogens (tertiary/aromatic N) is 4. The van der Waals surface area contributed by atoms with Crippen LogP contribution in [0.15, 0.2) is 65.8 Å². The molecule has 0 amide bonds. The first-order valence-electron chi connectivity index (χ1n) is 12.5. The minimum absolute atomic E-state index is 0.0340. The lowest BCUT2D eigenvalue weighted by Crippen LogP contribution is -2.36. The summed E-state index contributed by atoms with van der Waals surface area (Å²) >= 11 is 6.32. The van der Waals surface area contributed by atoms with E-state index in [1.807, 2.05) is 47.4 Å². The molecule has 4 aromatic rings. The van der Waals surface area contributed by atoms with Crippen molar-refractivity contribution in [3.63, 3.8) is 0 Å². The molecule has 186 valence electrons. The number of fused-ring (bicyclic) bond motifs is 1. The number of likely N-dealkylation sites (N-methyl/N-ethyl adjacent to an activating group) is 1. The normalized spacial score (nSPS) is 17.1. The minimum Gasteiger partial charge on any atom is -0.378 e. The van der Waals surface area contributed by atoms with Gasteiger partial charge in [0.2, 0.25) is 0 Å². The zero-order valence-electron chi connectivity index (χ0n) is 20.4. The van der Waals surface area contributed by atoms with E-state index in [9.17, 15) is 4.79 Å². The van der Waals surface area contributed by atoms with Crippen molar-refractivity contribution in [3.05, 3.63) is 82.0 Å². The number of nitrogens with one attached hydrogen (secondary N) is 1. The maximum Gasteiger partial charge on any atom is 0.251 e. The van der Waals surface area contributed by atoms with Crippen LogP contribution >= 0.6 is 11.6 Å². The Bertz CT molecular complexity index is 1440. The fourth-order valence-corrected chi connectivity index (χ4v) is 5.34. The maximum atomic E-state index is 13.5. The van der Waals surface area contributed by atoms with Crippen molar-refractivity contribution in [2.45, 2.75) is 24.9 Å². The molecule has 36 heavy (non-hydrogen) atoms. The van der Waals surface area contributed by atoms with Crippen molar-refractivity contribution < 1.29 is 4.74 Å². The van der Waals surface area contributed by atoms with Crippen molar-refractivity contribution in [2.75, 3.05) is 44.8 Å². The molecule has 2 aliphatic rings. The molecule has 2 fully saturated rings. The number of halogens is 1. The van der Waals surface area contributed by atoms with Crippen molar-refractivity contribution in [1.29, 1.82) is 0 Å². The van der Waals surface area contributed by atoms with Gasteiger partial charge in [0.15, 0.2) is 0 Å². The van der Waals surface area contributed by atoms with Crippen LogP contribution in [0.2, 0.25) is 5.02 Å². The summed E-state index contributed by atoms with van der Waals surface area (Å²) in [5.74, 6) is 0. The van der Waals surface area contributed by atoms with Gasteiger partial charge in [-0.3, -0.25) is 4.79 Å². The second kappa shape index (κ2) is 9.73. The van der Waals surface area contributed by atoms with Gasteiger partial charge >= 0.3 is 0 Å². The molecule has 1 saturated carbocycles. The Balaban J connectivity index is 1.36. The van der Waals surface area contributed by atoms with E-state index in [4.69, 9.17) is 16.3 Å². The Hall–Kier alpha value is -3.13. The molecular weight excluding hydrogens is 474 g/mol. The van der Waals surface area contributed by atoms with Gasteiger partial charge in [-0.1, -0.05) is 23.7 Å². The summed E-state index contributed by atoms with van der Waals surface area (Å²) in [4.78, 5) is 26.1. The lowest BCUT2D eigenvalue weighted by atomic mass is 10.0. The molecule has 1 aliphatic heterocycles. The summed E-state index contributed by atoms with van der Waals surface area (Å²) in [6.07, 6.45) is 8.19. The van der Waals surface area contributed by atoms with Crippen molar-refractivity contribution in [1.82, 2.24) is 19.4 Å². The van der Waals surface area contributed by atoms with E-state index in [0.717, 1.165) is 66.3 Å². The Morgan fingerprint density at radius 1 is 1.19 bits per heavy atom. The fraction of sp³-hybridized carbons (Fsp3) is 0.357. The van der Waals surface area contributed by atoms with Crippen LogP contribution in [0.25, 0.3) is 22.2 Å². The van der Waals surface area contributed by atoms with Crippen molar-refractivity contribution >= 4 is 28.3 Å². The van der Waals surface area contributed by atoms with E-state index in [0.29, 0.717) is 11.1 Å². The number of ether oxygens (including phenoxy) is 1. The Labute approximate surface area is 215 Å². The SMILES string of the molecule is CN(CC(c1cccc(Cl)c1)n1ccc(-c2c[nH]c3ncc(N4CCOCC4)cc23)cc1=O)C1CC1. The van der Waals surface area contributed by atoms with Crippen LogP contribution in [0.1, 0.15) is 24.4 Å². The molecule has 6 rings (SSSR count). The predicted molar refractivity (Wildman–Crippen MR) is 144 cm³/mol. The number of hydrogen-bond acceptors (Lipinski definition) is 5. The van der Waals surface area contributed by atoms with Gasteiger partial charge in [-0.15, -0.1) is 0 Å². The summed E-state index contributed by atoms with van der Waals surface area (Å²) in [6.45, 7) is 3.90. The van der Waals surface area contributed by atoms with Gasteiger partial charge in [-0.25, -0.2) is 4.98 Å². The highest BCUT2D eigenvalue weighted by molar-refractivity contribution is 6.30. The first-order valence-corrected chi connectivity index (χ1v) is 12.9. The molecule has 0 radical (unpaired) electrons. The molecule has 1 unspecified atom stereocenters. The second-order valence-electron chi connectivity index (χ2n) is 9.79. The molecule has 1 saturated heterocycles. The van der Waals surface area contributed by atoms with Crippen LogP contribution in [-0.4, -0.2) is 65.4 Å². The largest absolute Gasteiger partial charge is 0.378 e. The third-order valence-corrected chi connectivity index (χ3v) is 7.59. The third kappa shape index (κ3) is 4.66. The first-order chi connectivity index (χ1) is 17.6. The zero-order chi connectivity index (χ0) is 24.6. The maximum absolute atomic E-state index is 13.5. The van der Waals surface area contributed by atoms with Gasteiger partial charge in [-0.05, 0) is 55.3 Å². The molecule has 1 N–H and O–H groups in total. The lowest BCUT2D eigenvalue weighted by Gasteiger charge is -2.28. The van der Waals surface area contributed by atoms with E-state index < -0.39 is 0 Å². The minimum atomic E-state index is -0.117. The first kappa shape index (κ1) is 23.3. The molecule has 1 aliphatic carbocycles. The quantitative estimate of drug-likeness (QED) is 0.400. The summed E-state index contributed by atoms with van der Waals surface area (Å²) in [6, 6.07) is 14.2. The molecule has 4 heterocycles. The van der Waals surface area contributed by atoms with Crippen LogP contribution < -0.4 is 10.5 Å². The van der Waals surface area contributed by atoms with Gasteiger partial charge in [0, 0.05) is 60.1 Å². The van der Waals surface area contributed by atoms with Crippen molar-refractivity contribution in [2.24, 2.45) is 0 Å². The number of rotatable bonds is 7. The van der Waals surface area contributed by atoms with Crippen LogP contribution in [0.4, 0.5) is 5.69 Å². The third-order valence-electron chi connectivity index (χ3n) is 7.35. The standard InChI is InChI=1S/C28H30ClN5O2/c1-32(22-5-6-22)18-26(20-3-2-4-21(29)13-20)34-8-7-19(14-27(34)35)25-17-31-28-24(25)15-23(16-30-28)33-9-11-36-12-10-33/h2-4,7-8,13-17,22,26H,5-6,9-12,18H2,1H3,(H,30,31). The number of benzene rings is 1. The Morgan fingerprint density at radius 3 is 2.78 bits per heavy atom. The highest BCUT2D eigenvalue weighted by atomic mass is 35.5. The molecule has 7 nitrogen and oxygen atoms in total. The van der Waals surface area contributed by atoms with Crippen LogP contribution in [-0.2, 0) is 4.74 Å². The molecule has 3 aromatic heterocycles. The number of anilines is 1. The average molecular weight is 504 g/mol. The predicted octanol–water partition coefficient (Wildman–Crippen LogP) is 4.57. The smallest absolute Gasteiger partial charge is 0.251 e. The molecule has 1 aromatic carbocycles. The van der Waals surface area contributed by atoms with Crippen LogP contribution in [0, 0.1) is 0 Å². The summed E-state index contributed by atoms with van der Waals surface area (Å²) in [5.41, 5.74) is 4.75. The van der Waals surface area contributed by atoms with Gasteiger partial charge < -0.3 is 24.1 Å². The van der Waals surface area contributed by atoms with Gasteiger partial charge in [0.1, 0.15) is 5.65 Å². The molecule has 0 spiro atoms. The molecular formula is C28H30ClN5O2. The number of morpholine rings is 1. The number of aromatic nitrogens is 3. The fourth-order valence-electron chi connectivity index (χ4n) is 5.15. The Morgan fingerprint density at radius 2 is 2.03 bits per heavy atom. The number of pyridine rings is 2. The summed E-state index contributed by atoms with van der Waals surface area (Å²) < 4.78 is 7.33. The number of H-pyrrole nitrogens is 1. The van der Waals surface area contributed by atoms with E-state index in [1.54, 1.807) is 6.07 Å². The van der Waals surface area contributed by atoms with Gasteiger partial charge in [-0.2, -0.15) is 0 Å². The average Bonchev–Trinajstić information content (AvgIpc) is 3.67. The van der Waals surface area contributed by atoms with Gasteiger partial charge in [0.25, 0.3) is 5.56 Å².